The molecule has 1 aliphatic heterocycles. The molecule has 0 bridgehead atoms. The van der Waals surface area contributed by atoms with E-state index >= 15 is 0 Å². The lowest BCUT2D eigenvalue weighted by Gasteiger charge is -2.30. The van der Waals surface area contributed by atoms with Crippen molar-refractivity contribution in [1.29, 1.82) is 0 Å². The van der Waals surface area contributed by atoms with E-state index in [0.29, 0.717) is 11.8 Å². The molecular formula is C32H46N2. The minimum atomic E-state index is 0.000831. The van der Waals surface area contributed by atoms with Gasteiger partial charge in [-0.1, -0.05) is 79.8 Å². The number of nitrogens with one attached hydrogen (secondary N) is 1. The molecule has 1 rings (SSSR count). The Morgan fingerprint density at radius 2 is 1.85 bits per heavy atom. The Bertz CT molecular complexity index is 846. The van der Waals surface area contributed by atoms with Crippen molar-refractivity contribution in [2.24, 2.45) is 28.7 Å². The van der Waals surface area contributed by atoms with Crippen LogP contribution in [0.1, 0.15) is 53.4 Å². The van der Waals surface area contributed by atoms with E-state index in [4.69, 9.17) is 0 Å². The highest BCUT2D eigenvalue weighted by atomic mass is 15.0. The topological polar surface area (TPSA) is 24.4 Å². The van der Waals surface area contributed by atoms with Crippen molar-refractivity contribution < 1.29 is 0 Å². The summed E-state index contributed by atoms with van der Waals surface area (Å²) in [6, 6.07) is 0.000831. The lowest BCUT2D eigenvalue weighted by Crippen LogP contribution is -2.29. The molecule has 0 aliphatic carbocycles. The van der Waals surface area contributed by atoms with E-state index in [1.807, 2.05) is 18.5 Å². The van der Waals surface area contributed by atoms with Crippen LogP contribution in [0.3, 0.4) is 0 Å². The van der Waals surface area contributed by atoms with Crippen molar-refractivity contribution in [3.8, 4) is 0 Å². The molecule has 1 aliphatic rings. The molecule has 2 nitrogen and oxygen atoms in total. The molecule has 0 aromatic carbocycles. The summed E-state index contributed by atoms with van der Waals surface area (Å²) in [5.41, 5.74) is 3.75. The van der Waals surface area contributed by atoms with Crippen LogP contribution in [0.4, 0.5) is 0 Å². The van der Waals surface area contributed by atoms with Gasteiger partial charge in [0.2, 0.25) is 0 Å². The number of allylic oxidation sites excluding steroid dienone is 11. The van der Waals surface area contributed by atoms with E-state index in [2.05, 4.69) is 119 Å². The molecule has 5 atom stereocenters. The fourth-order valence-corrected chi connectivity index (χ4v) is 4.68. The van der Waals surface area contributed by atoms with E-state index in [1.165, 1.54) is 11.1 Å². The van der Waals surface area contributed by atoms with Crippen LogP contribution in [0.5, 0.6) is 0 Å². The van der Waals surface area contributed by atoms with Crippen molar-refractivity contribution in [3.63, 3.8) is 0 Å². The van der Waals surface area contributed by atoms with E-state index < -0.39 is 0 Å². The van der Waals surface area contributed by atoms with Crippen LogP contribution < -0.4 is 5.32 Å². The van der Waals surface area contributed by atoms with Crippen LogP contribution in [-0.2, 0) is 0 Å². The summed E-state index contributed by atoms with van der Waals surface area (Å²) in [5, 5.41) is 3.41. The average molecular weight is 459 g/mol. The first-order chi connectivity index (χ1) is 16.5. The van der Waals surface area contributed by atoms with Gasteiger partial charge in [0.1, 0.15) is 0 Å². The zero-order chi connectivity index (χ0) is 25.3. The third kappa shape index (κ3) is 8.82. The second-order valence-corrected chi connectivity index (χ2v) is 8.68. The van der Waals surface area contributed by atoms with Crippen LogP contribution in [0.2, 0.25) is 0 Å². The molecule has 1 N–H and O–H groups in total. The van der Waals surface area contributed by atoms with Gasteiger partial charge in [-0.15, -0.1) is 19.7 Å². The smallest absolute Gasteiger partial charge is 0.0898 e. The summed E-state index contributed by atoms with van der Waals surface area (Å²) in [6.45, 7) is 24.7. The minimum Gasteiger partial charge on any atom is -0.350 e. The first-order valence-corrected chi connectivity index (χ1v) is 12.6. The number of nitrogens with zero attached hydrogens (tertiary/aromatic N) is 1. The standard InChI is InChI=1S/C32H46N2/c1-9-17-25(11-3)19-22-31(27(14-6)15-7)30(16-8)32-23-29(33-24-34-32)21-20-28(18-10-2)26(12-4)13-5/h9-12,14-17,20-21,23-24,26,28-31H,2,4,6,8,13,18-19,22H2,1,3,5,7H3,(H,33,34)/b17-9-,21-20+,25-11+,27-15+/t26-,28?,29?,30+,31?/m0/s1. The summed E-state index contributed by atoms with van der Waals surface area (Å²) < 4.78 is 0. The van der Waals surface area contributed by atoms with Crippen molar-refractivity contribution in [2.45, 2.75) is 59.4 Å². The van der Waals surface area contributed by atoms with Gasteiger partial charge in [-0.05, 0) is 75.9 Å². The van der Waals surface area contributed by atoms with E-state index in [1.54, 1.807) is 0 Å². The van der Waals surface area contributed by atoms with Crippen LogP contribution in [0, 0.1) is 23.7 Å². The monoisotopic (exact) mass is 458 g/mol. The highest BCUT2D eigenvalue weighted by Crippen LogP contribution is 2.34. The molecule has 34 heavy (non-hydrogen) atoms. The zero-order valence-corrected chi connectivity index (χ0v) is 21.9. The maximum Gasteiger partial charge on any atom is 0.0898 e. The van der Waals surface area contributed by atoms with Gasteiger partial charge in [0.25, 0.3) is 0 Å². The first-order valence-electron chi connectivity index (χ1n) is 12.6. The van der Waals surface area contributed by atoms with Gasteiger partial charge in [0.15, 0.2) is 0 Å². The number of hydrogen-bond donors (Lipinski definition) is 1. The van der Waals surface area contributed by atoms with Crippen molar-refractivity contribution in [2.75, 3.05) is 0 Å². The molecule has 184 valence electrons. The Morgan fingerprint density at radius 3 is 2.38 bits per heavy atom. The molecule has 0 amide bonds. The predicted octanol–water partition coefficient (Wildman–Crippen LogP) is 8.68. The Hall–Kier alpha value is -2.87. The summed E-state index contributed by atoms with van der Waals surface area (Å²) in [4.78, 5) is 4.66. The lowest BCUT2D eigenvalue weighted by molar-refractivity contribution is 0.463. The Kier molecular flexibility index (Phi) is 14.3. The largest absolute Gasteiger partial charge is 0.350 e. The maximum absolute atomic E-state index is 4.66. The van der Waals surface area contributed by atoms with Crippen molar-refractivity contribution in [1.82, 2.24) is 5.32 Å². The molecule has 0 aromatic rings. The average Bonchev–Trinajstić information content (AvgIpc) is 2.86. The Labute approximate surface area is 209 Å². The van der Waals surface area contributed by atoms with Gasteiger partial charge in [-0.25, -0.2) is 0 Å². The van der Waals surface area contributed by atoms with Crippen molar-refractivity contribution in [3.05, 3.63) is 110 Å². The normalized spacial score (nSPS) is 20.4. The lowest BCUT2D eigenvalue weighted by atomic mass is 9.78. The fraction of sp³-hybridized carbons (Fsp3) is 0.406. The second kappa shape index (κ2) is 16.7. The second-order valence-electron chi connectivity index (χ2n) is 8.68. The summed E-state index contributed by atoms with van der Waals surface area (Å²) in [7, 11) is 0. The highest BCUT2D eigenvalue weighted by Gasteiger charge is 2.26. The summed E-state index contributed by atoms with van der Waals surface area (Å²) in [5.74, 6) is 1.27. The quantitative estimate of drug-likeness (QED) is 0.181. The van der Waals surface area contributed by atoms with Crippen LogP contribution in [-0.4, -0.2) is 12.4 Å². The maximum atomic E-state index is 4.66. The van der Waals surface area contributed by atoms with Crippen LogP contribution in [0.25, 0.3) is 0 Å². The first kappa shape index (κ1) is 29.2. The van der Waals surface area contributed by atoms with Gasteiger partial charge >= 0.3 is 0 Å². The molecule has 2 heteroatoms. The van der Waals surface area contributed by atoms with Gasteiger partial charge < -0.3 is 5.32 Å². The van der Waals surface area contributed by atoms with E-state index in [0.717, 1.165) is 31.4 Å². The third-order valence-corrected chi connectivity index (χ3v) is 6.69. The van der Waals surface area contributed by atoms with Gasteiger partial charge in [-0.2, -0.15) is 0 Å². The predicted molar refractivity (Wildman–Crippen MR) is 154 cm³/mol. The summed E-state index contributed by atoms with van der Waals surface area (Å²) >= 11 is 0. The molecule has 0 spiro atoms. The molecule has 0 aromatic heterocycles. The number of aliphatic imine (C=N–C) groups is 1. The molecule has 3 unspecified atom stereocenters. The Balaban J connectivity index is 3.20. The minimum absolute atomic E-state index is 0.000831. The number of hydrogen-bond acceptors (Lipinski definition) is 2. The highest BCUT2D eigenvalue weighted by molar-refractivity contribution is 5.61. The van der Waals surface area contributed by atoms with Crippen LogP contribution >= 0.6 is 0 Å². The molecule has 0 saturated carbocycles. The van der Waals surface area contributed by atoms with E-state index in [9.17, 15) is 0 Å². The molecule has 0 saturated heterocycles. The van der Waals surface area contributed by atoms with Gasteiger partial charge in [0, 0.05) is 11.6 Å². The number of rotatable bonds is 16. The third-order valence-electron chi connectivity index (χ3n) is 6.69. The molecule has 0 radical (unpaired) electrons. The SMILES string of the molecule is C=CCC(/C=C/C1C=C([C@H](C=C)C(CCC(/C=C\C)=C/C)/C(C=C)=C/C)NC=N1)[C@@H](C=C)CC. The van der Waals surface area contributed by atoms with Crippen molar-refractivity contribution >= 4 is 6.34 Å². The fourth-order valence-electron chi connectivity index (χ4n) is 4.68. The zero-order valence-electron chi connectivity index (χ0n) is 21.9. The molecule has 0 fully saturated rings. The van der Waals surface area contributed by atoms with Gasteiger partial charge in [0.05, 0.1) is 12.4 Å². The van der Waals surface area contributed by atoms with Crippen LogP contribution in [0.15, 0.2) is 115 Å². The Morgan fingerprint density at radius 1 is 1.09 bits per heavy atom. The van der Waals surface area contributed by atoms with Gasteiger partial charge in [-0.3, -0.25) is 4.99 Å². The van der Waals surface area contributed by atoms with E-state index in [-0.39, 0.29) is 17.9 Å². The summed E-state index contributed by atoms with van der Waals surface area (Å²) in [6.07, 6.45) is 29.4. The molecular weight excluding hydrogens is 412 g/mol. The molecule has 1 heterocycles.